The topological polar surface area (TPSA) is 102 Å². The molecule has 1 aliphatic rings. The smallest absolute Gasteiger partial charge is 0.259 e. The van der Waals surface area contributed by atoms with Gasteiger partial charge < -0.3 is 15.0 Å². The number of likely N-dealkylation sites (tertiary alicyclic amines) is 1. The Kier molecular flexibility index (Phi) is 4.27. The van der Waals surface area contributed by atoms with E-state index in [9.17, 15) is 19.1 Å². The van der Waals surface area contributed by atoms with E-state index in [1.807, 2.05) is 13.0 Å². The van der Waals surface area contributed by atoms with E-state index in [4.69, 9.17) is 0 Å². The van der Waals surface area contributed by atoms with Crippen LogP contribution in [0.3, 0.4) is 0 Å². The highest BCUT2D eigenvalue weighted by Crippen LogP contribution is 2.22. The number of fused-ring (bicyclic) bond motifs is 1. The molecule has 0 spiro atoms. The lowest BCUT2D eigenvalue weighted by atomic mass is 10.0. The van der Waals surface area contributed by atoms with Crippen molar-refractivity contribution in [2.75, 3.05) is 13.1 Å². The molecule has 0 saturated carbocycles. The Morgan fingerprint density at radius 1 is 1.37 bits per heavy atom. The number of hydrogen-bond donors (Lipinski definition) is 3. The fraction of sp³-hybridized carbons (Fsp3) is 0.316. The molecular formula is C19H19FN4O3. The lowest BCUT2D eigenvalue weighted by Gasteiger charge is -2.16. The molecule has 3 aromatic rings. The molecule has 0 radical (unpaired) electrons. The van der Waals surface area contributed by atoms with Gasteiger partial charge in [-0.3, -0.25) is 14.7 Å². The molecule has 0 bridgehead atoms. The van der Waals surface area contributed by atoms with Gasteiger partial charge in [-0.1, -0.05) is 0 Å². The average molecular weight is 370 g/mol. The van der Waals surface area contributed by atoms with Crippen LogP contribution in [0.4, 0.5) is 4.39 Å². The number of amides is 1. The summed E-state index contributed by atoms with van der Waals surface area (Å²) in [5.41, 5.74) is 1.64. The predicted octanol–water partition coefficient (Wildman–Crippen LogP) is 1.37. The number of aliphatic hydroxyl groups excluding tert-OH is 1. The first-order valence-electron chi connectivity index (χ1n) is 8.71. The predicted molar refractivity (Wildman–Crippen MR) is 97.0 cm³/mol. The Morgan fingerprint density at radius 2 is 2.19 bits per heavy atom. The summed E-state index contributed by atoms with van der Waals surface area (Å²) < 4.78 is 13.5. The van der Waals surface area contributed by atoms with Crippen molar-refractivity contribution in [3.8, 4) is 0 Å². The van der Waals surface area contributed by atoms with Gasteiger partial charge in [0.05, 0.1) is 11.8 Å². The van der Waals surface area contributed by atoms with Gasteiger partial charge in [0.1, 0.15) is 11.4 Å². The molecule has 1 aromatic carbocycles. The number of rotatable bonds is 3. The second-order valence-corrected chi connectivity index (χ2v) is 7.01. The molecule has 2 aromatic heterocycles. The van der Waals surface area contributed by atoms with Gasteiger partial charge in [-0.25, -0.2) is 4.39 Å². The van der Waals surface area contributed by atoms with Crippen molar-refractivity contribution in [2.24, 2.45) is 5.92 Å². The maximum atomic E-state index is 13.5. The number of H-pyrrole nitrogens is 2. The highest BCUT2D eigenvalue weighted by molar-refractivity contribution is 5.97. The Labute approximate surface area is 153 Å². The van der Waals surface area contributed by atoms with Crippen LogP contribution in [-0.4, -0.2) is 50.3 Å². The number of carbonyl (C=O) groups is 1. The summed E-state index contributed by atoms with van der Waals surface area (Å²) in [5.74, 6) is -1.17. The van der Waals surface area contributed by atoms with Gasteiger partial charge in [0, 0.05) is 41.8 Å². The normalized spacial score (nSPS) is 19.7. The standard InChI is InChI=1S/C19H19FN4O3/c1-10-4-13(23-22-10)5-11-8-24(9-17(11)25)19(27)15-7-21-16-3-2-12(20)6-14(16)18(15)26/h2-4,6-7,11,17,25H,5,8-9H2,1H3,(H,21,26)(H,22,23)/t11-,17+/m1/s1. The van der Waals surface area contributed by atoms with Gasteiger partial charge >= 0.3 is 0 Å². The number of aliphatic hydroxyl groups is 1. The number of aryl methyl sites for hydroxylation is 1. The number of hydrogen-bond acceptors (Lipinski definition) is 4. The van der Waals surface area contributed by atoms with Gasteiger partial charge in [-0.2, -0.15) is 5.10 Å². The summed E-state index contributed by atoms with van der Waals surface area (Å²) in [6.07, 6.45) is 1.19. The Balaban J connectivity index is 1.57. The average Bonchev–Trinajstić information content (AvgIpc) is 3.21. The van der Waals surface area contributed by atoms with E-state index in [1.165, 1.54) is 23.2 Å². The molecule has 27 heavy (non-hydrogen) atoms. The van der Waals surface area contributed by atoms with Crippen LogP contribution >= 0.6 is 0 Å². The number of nitrogens with zero attached hydrogens (tertiary/aromatic N) is 2. The molecule has 0 unspecified atom stereocenters. The number of aromatic amines is 2. The molecular weight excluding hydrogens is 351 g/mol. The van der Waals surface area contributed by atoms with Crippen LogP contribution in [-0.2, 0) is 6.42 Å². The monoisotopic (exact) mass is 370 g/mol. The fourth-order valence-electron chi connectivity index (χ4n) is 3.59. The fourth-order valence-corrected chi connectivity index (χ4v) is 3.59. The SMILES string of the molecule is Cc1cc(C[C@@H]2CN(C(=O)c3c[nH]c4ccc(F)cc4c3=O)C[C@@H]2O)n[nH]1. The van der Waals surface area contributed by atoms with Crippen LogP contribution in [0.1, 0.15) is 21.7 Å². The van der Waals surface area contributed by atoms with Gasteiger partial charge in [-0.05, 0) is 37.6 Å². The number of halogens is 1. The van der Waals surface area contributed by atoms with E-state index in [2.05, 4.69) is 15.2 Å². The van der Waals surface area contributed by atoms with Crippen LogP contribution in [0, 0.1) is 18.7 Å². The largest absolute Gasteiger partial charge is 0.391 e. The summed E-state index contributed by atoms with van der Waals surface area (Å²) in [7, 11) is 0. The molecule has 0 aliphatic carbocycles. The third-order valence-electron chi connectivity index (χ3n) is 5.00. The van der Waals surface area contributed by atoms with Crippen LogP contribution in [0.25, 0.3) is 10.9 Å². The van der Waals surface area contributed by atoms with E-state index >= 15 is 0 Å². The molecule has 4 rings (SSSR count). The van der Waals surface area contributed by atoms with Crippen molar-refractivity contribution in [2.45, 2.75) is 19.4 Å². The molecule has 2 atom stereocenters. The number of pyridine rings is 1. The van der Waals surface area contributed by atoms with Crippen LogP contribution < -0.4 is 5.43 Å². The highest BCUT2D eigenvalue weighted by Gasteiger charge is 2.35. The second kappa shape index (κ2) is 6.62. The number of benzene rings is 1. The number of β-amino-alcohol motifs (C(OH)–C–C–N with tert-alkyl or cyclic N) is 1. The van der Waals surface area contributed by atoms with E-state index in [1.54, 1.807) is 0 Å². The van der Waals surface area contributed by atoms with Crippen molar-refractivity contribution >= 4 is 16.8 Å². The molecule has 3 N–H and O–H groups in total. The Bertz CT molecular complexity index is 1070. The summed E-state index contributed by atoms with van der Waals surface area (Å²) in [6, 6.07) is 5.73. The lowest BCUT2D eigenvalue weighted by molar-refractivity contribution is 0.0763. The summed E-state index contributed by atoms with van der Waals surface area (Å²) in [4.78, 5) is 29.8. The molecule has 1 fully saturated rings. The van der Waals surface area contributed by atoms with Gasteiger partial charge in [0.15, 0.2) is 0 Å². The molecule has 3 heterocycles. The molecule has 1 saturated heterocycles. The third-order valence-corrected chi connectivity index (χ3v) is 5.00. The maximum absolute atomic E-state index is 13.5. The summed E-state index contributed by atoms with van der Waals surface area (Å²) in [6.45, 7) is 2.37. The minimum Gasteiger partial charge on any atom is -0.391 e. The minimum absolute atomic E-state index is 0.0587. The van der Waals surface area contributed by atoms with E-state index in [-0.39, 0.29) is 23.4 Å². The van der Waals surface area contributed by atoms with Gasteiger partial charge in [0.25, 0.3) is 5.91 Å². The zero-order valence-corrected chi connectivity index (χ0v) is 14.7. The van der Waals surface area contributed by atoms with E-state index in [0.717, 1.165) is 17.5 Å². The number of aromatic nitrogens is 3. The van der Waals surface area contributed by atoms with Crippen LogP contribution in [0.15, 0.2) is 35.3 Å². The third kappa shape index (κ3) is 3.23. The van der Waals surface area contributed by atoms with Crippen molar-refractivity contribution < 1.29 is 14.3 Å². The number of nitrogens with one attached hydrogen (secondary N) is 2. The lowest BCUT2D eigenvalue weighted by Crippen LogP contribution is -2.33. The highest BCUT2D eigenvalue weighted by atomic mass is 19.1. The molecule has 1 amide bonds. The van der Waals surface area contributed by atoms with Crippen molar-refractivity contribution in [3.05, 3.63) is 63.5 Å². The molecule has 8 heteroatoms. The summed E-state index contributed by atoms with van der Waals surface area (Å²) in [5, 5.41) is 17.5. The van der Waals surface area contributed by atoms with Crippen molar-refractivity contribution in [1.82, 2.24) is 20.1 Å². The zero-order valence-electron chi connectivity index (χ0n) is 14.7. The molecule has 140 valence electrons. The number of carbonyl (C=O) groups excluding carboxylic acids is 1. The molecule has 7 nitrogen and oxygen atoms in total. The van der Waals surface area contributed by atoms with Crippen LogP contribution in [0.2, 0.25) is 0 Å². The first-order chi connectivity index (χ1) is 12.9. The van der Waals surface area contributed by atoms with Gasteiger partial charge in [-0.15, -0.1) is 0 Å². The van der Waals surface area contributed by atoms with E-state index < -0.39 is 23.3 Å². The quantitative estimate of drug-likeness (QED) is 0.648. The first kappa shape index (κ1) is 17.4. The summed E-state index contributed by atoms with van der Waals surface area (Å²) >= 11 is 0. The van der Waals surface area contributed by atoms with Gasteiger partial charge in [0.2, 0.25) is 5.43 Å². The first-order valence-corrected chi connectivity index (χ1v) is 8.71. The van der Waals surface area contributed by atoms with Crippen molar-refractivity contribution in [1.29, 1.82) is 0 Å². The van der Waals surface area contributed by atoms with Crippen molar-refractivity contribution in [3.63, 3.8) is 0 Å². The zero-order chi connectivity index (χ0) is 19.1. The maximum Gasteiger partial charge on any atom is 0.259 e. The minimum atomic E-state index is -0.692. The second-order valence-electron chi connectivity index (χ2n) is 7.01. The Morgan fingerprint density at radius 3 is 2.93 bits per heavy atom. The molecule has 1 aliphatic heterocycles. The van der Waals surface area contributed by atoms with E-state index in [0.29, 0.717) is 18.5 Å². The Hall–Kier alpha value is -3.00. The van der Waals surface area contributed by atoms with Crippen LogP contribution in [0.5, 0.6) is 0 Å².